The second-order valence-electron chi connectivity index (χ2n) is 5.90. The van der Waals surface area contributed by atoms with Crippen LogP contribution in [0.2, 0.25) is 0 Å². The molecular weight excluding hydrogens is 297 g/mol. The van der Waals surface area contributed by atoms with Gasteiger partial charge in [-0.15, -0.1) is 0 Å². The third-order valence-corrected chi connectivity index (χ3v) is 4.35. The number of hydrogen-bond donors (Lipinski definition) is 2. The summed E-state index contributed by atoms with van der Waals surface area (Å²) in [5.41, 5.74) is 3.20. The first-order chi connectivity index (χ1) is 11.1. The topological polar surface area (TPSA) is 75.1 Å². The zero-order chi connectivity index (χ0) is 16.0. The van der Waals surface area contributed by atoms with Crippen molar-refractivity contribution in [2.24, 2.45) is 0 Å². The van der Waals surface area contributed by atoms with Crippen LogP contribution in [0.1, 0.15) is 33.9 Å². The van der Waals surface area contributed by atoms with E-state index in [-0.39, 0.29) is 11.7 Å². The van der Waals surface area contributed by atoms with Gasteiger partial charge in [0.25, 0.3) is 5.91 Å². The van der Waals surface area contributed by atoms with E-state index in [9.17, 15) is 9.18 Å². The second-order valence-corrected chi connectivity index (χ2v) is 5.90. The van der Waals surface area contributed by atoms with Crippen molar-refractivity contribution in [2.75, 3.05) is 0 Å². The first-order valence-electron chi connectivity index (χ1n) is 7.59. The second kappa shape index (κ2) is 5.19. The summed E-state index contributed by atoms with van der Waals surface area (Å²) in [6.45, 7) is 1.78. The van der Waals surface area contributed by atoms with Crippen LogP contribution in [0.3, 0.4) is 0 Å². The Morgan fingerprint density at radius 2 is 2.35 bits per heavy atom. The van der Waals surface area contributed by atoms with Crippen LogP contribution in [0.5, 0.6) is 0 Å². The summed E-state index contributed by atoms with van der Waals surface area (Å²) < 4.78 is 15.9. The van der Waals surface area contributed by atoms with Gasteiger partial charge in [0.2, 0.25) is 5.95 Å². The van der Waals surface area contributed by atoms with Gasteiger partial charge in [-0.25, -0.2) is 4.98 Å². The van der Waals surface area contributed by atoms with Gasteiger partial charge in [-0.2, -0.15) is 9.49 Å². The number of carbonyl (C=O) groups is 1. The fourth-order valence-corrected chi connectivity index (χ4v) is 3.14. The van der Waals surface area contributed by atoms with E-state index in [1.807, 2.05) is 6.20 Å². The van der Waals surface area contributed by atoms with E-state index in [2.05, 4.69) is 20.5 Å². The van der Waals surface area contributed by atoms with Crippen molar-refractivity contribution in [3.63, 3.8) is 0 Å². The highest BCUT2D eigenvalue weighted by Crippen LogP contribution is 2.20. The van der Waals surface area contributed by atoms with Gasteiger partial charge in [-0.05, 0) is 37.5 Å². The summed E-state index contributed by atoms with van der Waals surface area (Å²) in [4.78, 5) is 16.5. The van der Waals surface area contributed by atoms with E-state index in [1.165, 1.54) is 9.96 Å². The highest BCUT2D eigenvalue weighted by molar-refractivity contribution is 5.93. The molecule has 3 aromatic rings. The summed E-state index contributed by atoms with van der Waals surface area (Å²) in [5, 5.41) is 9.85. The maximum atomic E-state index is 14.5. The molecule has 3 heterocycles. The molecule has 1 amide bonds. The molecule has 1 aliphatic carbocycles. The summed E-state index contributed by atoms with van der Waals surface area (Å²) >= 11 is 0. The molecule has 1 aliphatic rings. The van der Waals surface area contributed by atoms with E-state index in [0.717, 1.165) is 18.5 Å². The molecule has 6 nitrogen and oxygen atoms in total. The number of rotatable bonds is 2. The number of nitrogens with one attached hydrogen (secondary N) is 2. The van der Waals surface area contributed by atoms with Crippen molar-refractivity contribution >= 4 is 11.6 Å². The summed E-state index contributed by atoms with van der Waals surface area (Å²) in [6, 6.07) is 5.21. The molecule has 0 radical (unpaired) electrons. The summed E-state index contributed by atoms with van der Waals surface area (Å²) in [7, 11) is 0. The number of aromatic nitrogens is 4. The molecule has 2 N–H and O–H groups in total. The Kier molecular flexibility index (Phi) is 3.14. The van der Waals surface area contributed by atoms with E-state index in [0.29, 0.717) is 17.8 Å². The number of imidazole rings is 1. The molecule has 0 bridgehead atoms. The maximum Gasteiger partial charge on any atom is 0.274 e. The minimum absolute atomic E-state index is 0.0410. The van der Waals surface area contributed by atoms with E-state index >= 15 is 0 Å². The lowest BCUT2D eigenvalue weighted by atomic mass is 9.94. The molecule has 0 saturated carbocycles. The van der Waals surface area contributed by atoms with E-state index in [1.54, 1.807) is 25.1 Å². The largest absolute Gasteiger partial charge is 0.347 e. The van der Waals surface area contributed by atoms with Gasteiger partial charge in [0.05, 0.1) is 6.20 Å². The van der Waals surface area contributed by atoms with Gasteiger partial charge in [0.1, 0.15) is 5.65 Å². The highest BCUT2D eigenvalue weighted by atomic mass is 19.1. The molecule has 118 valence electrons. The first kappa shape index (κ1) is 13.9. The van der Waals surface area contributed by atoms with Gasteiger partial charge >= 0.3 is 0 Å². The number of carbonyl (C=O) groups excluding carboxylic acids is 1. The predicted molar refractivity (Wildman–Crippen MR) is 81.8 cm³/mol. The number of aromatic amines is 1. The van der Waals surface area contributed by atoms with Gasteiger partial charge in [-0.3, -0.25) is 14.3 Å². The minimum atomic E-state index is -0.617. The molecule has 0 fully saturated rings. The first-order valence-corrected chi connectivity index (χ1v) is 7.59. The van der Waals surface area contributed by atoms with Crippen LogP contribution >= 0.6 is 0 Å². The lowest BCUT2D eigenvalue weighted by Crippen LogP contribution is -2.39. The monoisotopic (exact) mass is 313 g/mol. The zero-order valence-corrected chi connectivity index (χ0v) is 12.6. The Labute approximate surface area is 131 Å². The Morgan fingerprint density at radius 1 is 1.48 bits per heavy atom. The molecule has 4 rings (SSSR count). The Hall–Kier alpha value is -2.70. The van der Waals surface area contributed by atoms with Crippen LogP contribution in [0.4, 0.5) is 4.39 Å². The Morgan fingerprint density at radius 3 is 3.17 bits per heavy atom. The number of amides is 1. The average Bonchev–Trinajstić information content (AvgIpc) is 3.12. The molecule has 0 aliphatic heterocycles. The van der Waals surface area contributed by atoms with Gasteiger partial charge in [0.15, 0.2) is 5.69 Å². The van der Waals surface area contributed by atoms with Gasteiger partial charge in [0, 0.05) is 23.9 Å². The number of hydrogen-bond acceptors (Lipinski definition) is 3. The van der Waals surface area contributed by atoms with Crippen molar-refractivity contribution in [2.45, 2.75) is 32.2 Å². The van der Waals surface area contributed by atoms with Crippen LogP contribution in [0.25, 0.3) is 5.65 Å². The Bertz CT molecular complexity index is 897. The molecular formula is C16H16FN5O. The number of fused-ring (bicyclic) bond motifs is 2. The number of aryl methyl sites for hydroxylation is 2. The number of H-pyrrole nitrogens is 1. The van der Waals surface area contributed by atoms with Crippen molar-refractivity contribution in [1.82, 2.24) is 24.9 Å². The minimum Gasteiger partial charge on any atom is -0.347 e. The molecule has 3 aromatic heterocycles. The molecule has 1 unspecified atom stereocenters. The van der Waals surface area contributed by atoms with E-state index in [4.69, 9.17) is 0 Å². The van der Waals surface area contributed by atoms with Crippen LogP contribution in [-0.2, 0) is 12.8 Å². The lowest BCUT2D eigenvalue weighted by molar-refractivity contribution is 0.0924. The molecule has 0 aromatic carbocycles. The smallest absolute Gasteiger partial charge is 0.274 e. The predicted octanol–water partition coefficient (Wildman–Crippen LogP) is 1.79. The van der Waals surface area contributed by atoms with Crippen LogP contribution in [0.15, 0.2) is 24.4 Å². The molecule has 0 saturated heterocycles. The molecule has 0 spiro atoms. The van der Waals surface area contributed by atoms with Crippen molar-refractivity contribution in [1.29, 1.82) is 0 Å². The van der Waals surface area contributed by atoms with Crippen molar-refractivity contribution in [3.8, 4) is 0 Å². The Balaban J connectivity index is 1.58. The lowest BCUT2D eigenvalue weighted by Gasteiger charge is -2.22. The summed E-state index contributed by atoms with van der Waals surface area (Å²) in [5.74, 6) is -1.09. The SMILES string of the molecule is Cc1cccc2nc(C(=O)NC3CCc4cn[nH]c4C3)c(F)n12. The molecule has 23 heavy (non-hydrogen) atoms. The standard InChI is InChI=1S/C16H16FN5O/c1-9-3-2-4-13-20-14(15(17)22(9)13)16(23)19-11-6-5-10-8-18-21-12(10)7-11/h2-4,8,11H,5-7H2,1H3,(H,18,21)(H,19,23). The number of pyridine rings is 1. The molecule has 1 atom stereocenters. The number of nitrogens with zero attached hydrogens (tertiary/aromatic N) is 3. The van der Waals surface area contributed by atoms with Crippen molar-refractivity contribution in [3.05, 3.63) is 53.0 Å². The average molecular weight is 313 g/mol. The zero-order valence-electron chi connectivity index (χ0n) is 12.6. The normalized spacial score (nSPS) is 17.2. The van der Waals surface area contributed by atoms with Gasteiger partial charge < -0.3 is 5.32 Å². The quantitative estimate of drug-likeness (QED) is 0.757. The third-order valence-electron chi connectivity index (χ3n) is 4.35. The fraction of sp³-hybridized carbons (Fsp3) is 0.312. The van der Waals surface area contributed by atoms with Gasteiger partial charge in [-0.1, -0.05) is 6.07 Å². The fourth-order valence-electron chi connectivity index (χ4n) is 3.14. The van der Waals surface area contributed by atoms with Crippen LogP contribution < -0.4 is 5.32 Å². The highest BCUT2D eigenvalue weighted by Gasteiger charge is 2.25. The maximum absolute atomic E-state index is 14.5. The molecule has 7 heteroatoms. The number of halogens is 1. The van der Waals surface area contributed by atoms with Crippen molar-refractivity contribution < 1.29 is 9.18 Å². The van der Waals surface area contributed by atoms with Crippen LogP contribution in [0, 0.1) is 12.9 Å². The third kappa shape index (κ3) is 2.28. The van der Waals surface area contributed by atoms with Crippen LogP contribution in [-0.4, -0.2) is 31.5 Å². The summed E-state index contributed by atoms with van der Waals surface area (Å²) in [6.07, 6.45) is 4.16. The van der Waals surface area contributed by atoms with E-state index < -0.39 is 11.9 Å².